The van der Waals surface area contributed by atoms with Crippen molar-refractivity contribution in [2.24, 2.45) is 5.73 Å². The summed E-state index contributed by atoms with van der Waals surface area (Å²) in [6.07, 6.45) is 0.727. The molecule has 0 aliphatic carbocycles. The van der Waals surface area contributed by atoms with Crippen molar-refractivity contribution in [1.29, 1.82) is 0 Å². The van der Waals surface area contributed by atoms with E-state index in [0.29, 0.717) is 35.2 Å². The Bertz CT molecular complexity index is 879. The summed E-state index contributed by atoms with van der Waals surface area (Å²) in [7, 11) is 0. The van der Waals surface area contributed by atoms with Crippen molar-refractivity contribution in [2.75, 3.05) is 18.5 Å². The number of halogens is 1. The number of hydrogen-bond acceptors (Lipinski definition) is 3. The molecule has 25 heavy (non-hydrogen) atoms. The predicted octanol–water partition coefficient (Wildman–Crippen LogP) is 4.47. The van der Waals surface area contributed by atoms with E-state index in [4.69, 9.17) is 22.1 Å². The van der Waals surface area contributed by atoms with Crippen molar-refractivity contribution in [2.45, 2.75) is 6.42 Å². The largest absolute Gasteiger partial charge is 0.493 e. The average molecular weight is 355 g/mol. The number of carbonyl (C=O) groups excluding carboxylic acids is 1. The summed E-state index contributed by atoms with van der Waals surface area (Å²) in [5.41, 5.74) is 6.69. The Labute approximate surface area is 151 Å². The molecule has 5 heteroatoms. The zero-order chi connectivity index (χ0) is 17.6. The summed E-state index contributed by atoms with van der Waals surface area (Å²) in [5.74, 6) is 0.328. The highest BCUT2D eigenvalue weighted by atomic mass is 35.5. The van der Waals surface area contributed by atoms with Gasteiger partial charge in [0.25, 0.3) is 5.91 Å². The molecular formula is C20H19ClN2O2. The van der Waals surface area contributed by atoms with E-state index in [9.17, 15) is 4.79 Å². The van der Waals surface area contributed by atoms with Gasteiger partial charge in [-0.1, -0.05) is 35.9 Å². The maximum Gasteiger partial charge on any atom is 0.259 e. The van der Waals surface area contributed by atoms with Gasteiger partial charge in [-0.3, -0.25) is 4.79 Å². The quantitative estimate of drug-likeness (QED) is 0.642. The second-order valence-electron chi connectivity index (χ2n) is 5.65. The minimum Gasteiger partial charge on any atom is -0.493 e. The molecular weight excluding hydrogens is 336 g/mol. The molecule has 0 aliphatic heterocycles. The lowest BCUT2D eigenvalue weighted by molar-refractivity contribution is 0.102. The molecule has 0 saturated carbocycles. The Morgan fingerprint density at radius 3 is 2.40 bits per heavy atom. The third-order valence-corrected chi connectivity index (χ3v) is 4.05. The summed E-state index contributed by atoms with van der Waals surface area (Å²) in [4.78, 5) is 12.7. The summed E-state index contributed by atoms with van der Waals surface area (Å²) < 4.78 is 5.80. The van der Waals surface area contributed by atoms with Gasteiger partial charge in [-0.2, -0.15) is 0 Å². The summed E-state index contributed by atoms with van der Waals surface area (Å²) in [6, 6.07) is 18.6. The highest BCUT2D eigenvalue weighted by Gasteiger charge is 2.14. The highest BCUT2D eigenvalue weighted by Crippen LogP contribution is 2.27. The molecule has 0 radical (unpaired) electrons. The second-order valence-corrected chi connectivity index (χ2v) is 6.08. The number of nitrogens with two attached hydrogens (primary N) is 1. The molecule has 3 N–H and O–H groups in total. The molecule has 0 fully saturated rings. The van der Waals surface area contributed by atoms with E-state index < -0.39 is 0 Å². The van der Waals surface area contributed by atoms with Crippen molar-refractivity contribution >= 4 is 34.0 Å². The fourth-order valence-electron chi connectivity index (χ4n) is 2.51. The number of amides is 1. The maximum absolute atomic E-state index is 12.7. The Balaban J connectivity index is 1.92. The molecule has 0 bridgehead atoms. The molecule has 0 saturated heterocycles. The van der Waals surface area contributed by atoms with Crippen LogP contribution in [0.5, 0.6) is 5.75 Å². The van der Waals surface area contributed by atoms with Crippen molar-refractivity contribution in [3.63, 3.8) is 0 Å². The second kappa shape index (κ2) is 8.01. The van der Waals surface area contributed by atoms with Gasteiger partial charge in [0.1, 0.15) is 5.75 Å². The topological polar surface area (TPSA) is 64.3 Å². The monoisotopic (exact) mass is 354 g/mol. The van der Waals surface area contributed by atoms with E-state index in [1.165, 1.54) is 0 Å². The third-order valence-electron chi connectivity index (χ3n) is 3.80. The van der Waals surface area contributed by atoms with Gasteiger partial charge in [0, 0.05) is 10.7 Å². The molecule has 0 spiro atoms. The summed E-state index contributed by atoms with van der Waals surface area (Å²) >= 11 is 5.88. The van der Waals surface area contributed by atoms with Gasteiger partial charge in [-0.25, -0.2) is 0 Å². The molecule has 0 unspecified atom stereocenters. The first-order valence-corrected chi connectivity index (χ1v) is 8.48. The molecule has 0 heterocycles. The molecule has 3 aromatic rings. The minimum atomic E-state index is -0.226. The normalized spacial score (nSPS) is 10.6. The van der Waals surface area contributed by atoms with Crippen molar-refractivity contribution < 1.29 is 9.53 Å². The molecule has 4 nitrogen and oxygen atoms in total. The lowest BCUT2D eigenvalue weighted by Crippen LogP contribution is -2.14. The van der Waals surface area contributed by atoms with Crippen molar-refractivity contribution in [1.82, 2.24) is 0 Å². The van der Waals surface area contributed by atoms with Gasteiger partial charge in [0.2, 0.25) is 0 Å². The number of hydrogen-bond donors (Lipinski definition) is 2. The van der Waals surface area contributed by atoms with Gasteiger partial charge < -0.3 is 15.8 Å². The molecule has 3 rings (SSSR count). The summed E-state index contributed by atoms with van der Waals surface area (Å²) in [5, 5.41) is 5.50. The lowest BCUT2D eigenvalue weighted by Gasteiger charge is -2.13. The number of anilines is 1. The van der Waals surface area contributed by atoms with Crippen LogP contribution in [0.15, 0.2) is 60.7 Å². The third kappa shape index (κ3) is 4.29. The van der Waals surface area contributed by atoms with Crippen LogP contribution in [0.4, 0.5) is 5.69 Å². The van der Waals surface area contributed by atoms with E-state index >= 15 is 0 Å². The van der Waals surface area contributed by atoms with E-state index in [0.717, 1.165) is 17.2 Å². The van der Waals surface area contributed by atoms with Crippen LogP contribution < -0.4 is 15.8 Å². The standard InChI is InChI=1S/C20H19ClN2O2/c21-16-6-8-17(9-7-16)23-20(24)18-12-14-4-1-2-5-15(14)13-19(18)25-11-3-10-22/h1-2,4-9,12-13H,3,10-11,22H2,(H,23,24). The Kier molecular flexibility index (Phi) is 5.53. The van der Waals surface area contributed by atoms with Crippen LogP contribution in [0.2, 0.25) is 5.02 Å². The first kappa shape index (κ1) is 17.3. The van der Waals surface area contributed by atoms with Gasteiger partial charge >= 0.3 is 0 Å². The summed E-state index contributed by atoms with van der Waals surface area (Å²) in [6.45, 7) is 1.01. The number of rotatable bonds is 6. The van der Waals surface area contributed by atoms with Crippen LogP contribution >= 0.6 is 11.6 Å². The SMILES string of the molecule is NCCCOc1cc2ccccc2cc1C(=O)Nc1ccc(Cl)cc1. The molecule has 3 aromatic carbocycles. The van der Waals surface area contributed by atoms with Gasteiger partial charge in [-0.05, 0) is 60.1 Å². The van der Waals surface area contributed by atoms with Crippen LogP contribution in [-0.2, 0) is 0 Å². The van der Waals surface area contributed by atoms with Crippen LogP contribution in [0, 0.1) is 0 Å². The number of carbonyl (C=O) groups is 1. The lowest BCUT2D eigenvalue weighted by atomic mass is 10.1. The van der Waals surface area contributed by atoms with Gasteiger partial charge in [0.15, 0.2) is 0 Å². The van der Waals surface area contributed by atoms with E-state index in [1.807, 2.05) is 36.4 Å². The molecule has 0 atom stereocenters. The van der Waals surface area contributed by atoms with Crippen molar-refractivity contribution in [3.05, 3.63) is 71.2 Å². The first-order chi connectivity index (χ1) is 12.2. The highest BCUT2D eigenvalue weighted by molar-refractivity contribution is 6.30. The number of nitrogens with one attached hydrogen (secondary N) is 1. The molecule has 128 valence electrons. The minimum absolute atomic E-state index is 0.226. The van der Waals surface area contributed by atoms with E-state index in [1.54, 1.807) is 24.3 Å². The number of benzene rings is 3. The van der Waals surface area contributed by atoms with Crippen molar-refractivity contribution in [3.8, 4) is 5.75 Å². The predicted molar refractivity (Wildman–Crippen MR) is 103 cm³/mol. The number of ether oxygens (including phenoxy) is 1. The van der Waals surface area contributed by atoms with Gasteiger partial charge in [-0.15, -0.1) is 0 Å². The van der Waals surface area contributed by atoms with Gasteiger partial charge in [0.05, 0.1) is 12.2 Å². The van der Waals surface area contributed by atoms with E-state index in [-0.39, 0.29) is 5.91 Å². The van der Waals surface area contributed by atoms with E-state index in [2.05, 4.69) is 5.32 Å². The molecule has 0 aromatic heterocycles. The Hall–Kier alpha value is -2.56. The van der Waals surface area contributed by atoms with Crippen LogP contribution in [0.25, 0.3) is 10.8 Å². The smallest absolute Gasteiger partial charge is 0.259 e. The fourth-order valence-corrected chi connectivity index (χ4v) is 2.64. The Morgan fingerprint density at radius 1 is 1.04 bits per heavy atom. The molecule has 0 aliphatic rings. The zero-order valence-corrected chi connectivity index (χ0v) is 14.4. The van der Waals surface area contributed by atoms with Crippen LogP contribution in [-0.4, -0.2) is 19.1 Å². The molecule has 1 amide bonds. The van der Waals surface area contributed by atoms with Crippen LogP contribution in [0.3, 0.4) is 0 Å². The van der Waals surface area contributed by atoms with Crippen LogP contribution in [0.1, 0.15) is 16.8 Å². The Morgan fingerprint density at radius 2 is 1.72 bits per heavy atom. The average Bonchev–Trinajstić information content (AvgIpc) is 2.63. The first-order valence-electron chi connectivity index (χ1n) is 8.10. The maximum atomic E-state index is 12.7. The zero-order valence-electron chi connectivity index (χ0n) is 13.7. The number of fused-ring (bicyclic) bond motifs is 1. The fraction of sp³-hybridized carbons (Fsp3) is 0.150.